The second-order valence-corrected chi connectivity index (χ2v) is 4.98. The van der Waals surface area contributed by atoms with Crippen LogP contribution in [-0.2, 0) is 6.54 Å². The van der Waals surface area contributed by atoms with Crippen molar-refractivity contribution in [3.8, 4) is 0 Å². The fourth-order valence-electron chi connectivity index (χ4n) is 1.52. The molecule has 0 amide bonds. The molecule has 0 saturated heterocycles. The molecule has 18 heavy (non-hydrogen) atoms. The van der Waals surface area contributed by atoms with Gasteiger partial charge in [-0.3, -0.25) is 0 Å². The third-order valence-electron chi connectivity index (χ3n) is 2.43. The molecule has 2 aromatic rings. The fraction of sp³-hybridized carbons (Fsp3) is 0.0769. The molecule has 0 aromatic heterocycles. The molecule has 0 aliphatic carbocycles. The minimum atomic E-state index is -0.611. The molecule has 1 nitrogen and oxygen atoms in total. The highest BCUT2D eigenvalue weighted by atomic mass is 79.9. The van der Waals surface area contributed by atoms with Crippen LogP contribution in [0.4, 0.5) is 14.5 Å². The molecule has 0 aliphatic heterocycles. The van der Waals surface area contributed by atoms with Gasteiger partial charge in [-0.2, -0.15) is 0 Å². The van der Waals surface area contributed by atoms with E-state index >= 15 is 0 Å². The van der Waals surface area contributed by atoms with Gasteiger partial charge < -0.3 is 5.32 Å². The van der Waals surface area contributed by atoms with E-state index in [0.717, 1.165) is 10.0 Å². The standard InChI is InChI=1S/C13H9BrClF2N/c14-10-6-9(15)5-4-8(10)7-18-13-11(16)2-1-3-12(13)17/h1-6,18H,7H2. The lowest BCUT2D eigenvalue weighted by atomic mass is 10.2. The Kier molecular flexibility index (Phi) is 4.19. The summed E-state index contributed by atoms with van der Waals surface area (Å²) in [4.78, 5) is 0. The maximum absolute atomic E-state index is 13.4. The minimum absolute atomic E-state index is 0.126. The van der Waals surface area contributed by atoms with Crippen molar-refractivity contribution in [2.45, 2.75) is 6.54 Å². The summed E-state index contributed by atoms with van der Waals surface area (Å²) in [5, 5.41) is 3.33. The average molecular weight is 333 g/mol. The zero-order valence-electron chi connectivity index (χ0n) is 9.18. The molecule has 0 aliphatic rings. The third kappa shape index (κ3) is 3.00. The molecule has 2 aromatic carbocycles. The van der Waals surface area contributed by atoms with Gasteiger partial charge in [0, 0.05) is 16.0 Å². The maximum Gasteiger partial charge on any atom is 0.149 e. The summed E-state index contributed by atoms with van der Waals surface area (Å²) in [7, 11) is 0. The second-order valence-electron chi connectivity index (χ2n) is 3.69. The Balaban J connectivity index is 2.16. The van der Waals surface area contributed by atoms with Gasteiger partial charge in [-0.25, -0.2) is 8.78 Å². The van der Waals surface area contributed by atoms with Crippen molar-refractivity contribution in [2.75, 3.05) is 5.32 Å². The Morgan fingerprint density at radius 2 is 1.78 bits per heavy atom. The molecular weight excluding hydrogens is 324 g/mol. The molecule has 0 bridgehead atoms. The average Bonchev–Trinajstić information content (AvgIpc) is 2.31. The van der Waals surface area contributed by atoms with Gasteiger partial charge in [0.2, 0.25) is 0 Å². The third-order valence-corrected chi connectivity index (χ3v) is 3.41. The van der Waals surface area contributed by atoms with Gasteiger partial charge >= 0.3 is 0 Å². The van der Waals surface area contributed by atoms with Gasteiger partial charge in [-0.15, -0.1) is 0 Å². The molecule has 2 rings (SSSR count). The maximum atomic E-state index is 13.4. The number of benzene rings is 2. The van der Waals surface area contributed by atoms with Crippen LogP contribution in [0.3, 0.4) is 0 Å². The van der Waals surface area contributed by atoms with Gasteiger partial charge in [-0.05, 0) is 29.8 Å². The first-order valence-electron chi connectivity index (χ1n) is 5.20. The van der Waals surface area contributed by atoms with E-state index in [4.69, 9.17) is 11.6 Å². The van der Waals surface area contributed by atoms with E-state index in [2.05, 4.69) is 21.2 Å². The van der Waals surface area contributed by atoms with Crippen molar-refractivity contribution >= 4 is 33.2 Å². The van der Waals surface area contributed by atoms with Crippen LogP contribution in [0, 0.1) is 11.6 Å². The van der Waals surface area contributed by atoms with Gasteiger partial charge in [0.1, 0.15) is 17.3 Å². The van der Waals surface area contributed by atoms with Crippen LogP contribution in [-0.4, -0.2) is 0 Å². The number of para-hydroxylation sites is 1. The van der Waals surface area contributed by atoms with Crippen molar-refractivity contribution in [2.24, 2.45) is 0 Å². The normalized spacial score (nSPS) is 10.4. The molecule has 0 saturated carbocycles. The first-order valence-corrected chi connectivity index (χ1v) is 6.37. The Morgan fingerprint density at radius 3 is 2.39 bits per heavy atom. The molecule has 0 spiro atoms. The van der Waals surface area contributed by atoms with Crippen LogP contribution >= 0.6 is 27.5 Å². The highest BCUT2D eigenvalue weighted by Crippen LogP contribution is 2.24. The lowest BCUT2D eigenvalue weighted by Crippen LogP contribution is -2.04. The molecule has 1 N–H and O–H groups in total. The Bertz CT molecular complexity index is 555. The predicted octanol–water partition coefficient (Wildman–Crippen LogP) is 4.99. The van der Waals surface area contributed by atoms with E-state index < -0.39 is 11.6 Å². The molecule has 94 valence electrons. The van der Waals surface area contributed by atoms with Crippen LogP contribution in [0.1, 0.15) is 5.56 Å². The van der Waals surface area contributed by atoms with Crippen LogP contribution in [0.2, 0.25) is 5.02 Å². The summed E-state index contributed by atoms with van der Waals surface area (Å²) >= 11 is 9.16. The first-order chi connectivity index (χ1) is 8.58. The Labute approximate surface area is 117 Å². The summed E-state index contributed by atoms with van der Waals surface area (Å²) in [6.07, 6.45) is 0. The number of halogens is 4. The van der Waals surface area contributed by atoms with Crippen LogP contribution in [0.25, 0.3) is 0 Å². The van der Waals surface area contributed by atoms with Crippen molar-refractivity contribution in [1.82, 2.24) is 0 Å². The predicted molar refractivity (Wildman–Crippen MR) is 72.8 cm³/mol. The summed E-state index contributed by atoms with van der Waals surface area (Å²) in [6, 6.07) is 8.99. The number of rotatable bonds is 3. The second kappa shape index (κ2) is 5.67. The summed E-state index contributed by atoms with van der Waals surface area (Å²) in [5.74, 6) is -1.22. The largest absolute Gasteiger partial charge is 0.376 e. The molecule has 0 atom stereocenters. The van der Waals surface area contributed by atoms with Crippen LogP contribution < -0.4 is 5.32 Å². The summed E-state index contributed by atoms with van der Waals surface area (Å²) in [6.45, 7) is 0.301. The Morgan fingerprint density at radius 1 is 1.11 bits per heavy atom. The van der Waals surface area contributed by atoms with Gasteiger partial charge in [0.05, 0.1) is 0 Å². The topological polar surface area (TPSA) is 12.0 Å². The van der Waals surface area contributed by atoms with E-state index in [1.54, 1.807) is 18.2 Å². The van der Waals surface area contributed by atoms with Crippen molar-refractivity contribution in [3.63, 3.8) is 0 Å². The monoisotopic (exact) mass is 331 g/mol. The first kappa shape index (κ1) is 13.3. The number of anilines is 1. The van der Waals surface area contributed by atoms with Crippen LogP contribution in [0.5, 0.6) is 0 Å². The van der Waals surface area contributed by atoms with E-state index in [0.29, 0.717) is 11.6 Å². The zero-order chi connectivity index (χ0) is 13.1. The number of hydrogen-bond acceptors (Lipinski definition) is 1. The fourth-order valence-corrected chi connectivity index (χ4v) is 2.34. The quantitative estimate of drug-likeness (QED) is 0.834. The summed E-state index contributed by atoms with van der Waals surface area (Å²) in [5.41, 5.74) is 0.737. The lowest BCUT2D eigenvalue weighted by molar-refractivity contribution is 0.588. The van der Waals surface area contributed by atoms with Crippen molar-refractivity contribution in [1.29, 1.82) is 0 Å². The molecule has 0 fully saturated rings. The van der Waals surface area contributed by atoms with Gasteiger partial charge in [-0.1, -0.05) is 39.7 Å². The SMILES string of the molecule is Fc1cccc(F)c1NCc1ccc(Cl)cc1Br. The molecule has 5 heteroatoms. The van der Waals surface area contributed by atoms with E-state index in [1.807, 2.05) is 0 Å². The Hall–Kier alpha value is -1.13. The highest BCUT2D eigenvalue weighted by Gasteiger charge is 2.08. The summed E-state index contributed by atoms with van der Waals surface area (Å²) < 4.78 is 27.6. The van der Waals surface area contributed by atoms with Gasteiger partial charge in [0.15, 0.2) is 0 Å². The molecule has 0 unspecified atom stereocenters. The molecule has 0 heterocycles. The minimum Gasteiger partial charge on any atom is -0.376 e. The van der Waals surface area contributed by atoms with E-state index in [1.165, 1.54) is 18.2 Å². The molecular formula is C13H9BrClF2N. The molecule has 0 radical (unpaired) electrons. The van der Waals surface area contributed by atoms with Gasteiger partial charge in [0.25, 0.3) is 0 Å². The van der Waals surface area contributed by atoms with E-state index in [-0.39, 0.29) is 5.69 Å². The number of nitrogens with one attached hydrogen (secondary N) is 1. The van der Waals surface area contributed by atoms with E-state index in [9.17, 15) is 8.78 Å². The highest BCUT2D eigenvalue weighted by molar-refractivity contribution is 9.10. The smallest absolute Gasteiger partial charge is 0.149 e. The van der Waals surface area contributed by atoms with Crippen molar-refractivity contribution < 1.29 is 8.78 Å². The lowest BCUT2D eigenvalue weighted by Gasteiger charge is -2.10. The number of hydrogen-bond donors (Lipinski definition) is 1. The van der Waals surface area contributed by atoms with Crippen molar-refractivity contribution in [3.05, 3.63) is 63.1 Å². The van der Waals surface area contributed by atoms with Crippen LogP contribution in [0.15, 0.2) is 40.9 Å². The zero-order valence-corrected chi connectivity index (χ0v) is 11.5.